The van der Waals surface area contributed by atoms with Gasteiger partial charge in [0.15, 0.2) is 5.71 Å². The molecule has 2 atom stereocenters. The van der Waals surface area contributed by atoms with Crippen molar-refractivity contribution in [3.63, 3.8) is 0 Å². The van der Waals surface area contributed by atoms with Crippen molar-refractivity contribution in [2.24, 2.45) is 5.16 Å². The van der Waals surface area contributed by atoms with E-state index < -0.39 is 18.0 Å². The van der Waals surface area contributed by atoms with Gasteiger partial charge in [0.25, 0.3) is 0 Å². The van der Waals surface area contributed by atoms with E-state index in [1.54, 1.807) is 0 Å². The zero-order chi connectivity index (χ0) is 13.2. The molecule has 1 saturated heterocycles. The molecule has 18 heavy (non-hydrogen) atoms. The average molecular weight is 264 g/mol. The van der Waals surface area contributed by atoms with Crippen molar-refractivity contribution in [2.45, 2.75) is 56.8 Å². The number of nitrogens with one attached hydrogen (secondary N) is 1. The summed E-state index contributed by atoms with van der Waals surface area (Å²) in [6, 6.07) is -0.104. The number of hydrogen-bond acceptors (Lipinski definition) is 3. The third-order valence-corrected chi connectivity index (χ3v) is 3.18. The zero-order valence-electron chi connectivity index (χ0n) is 9.79. The van der Waals surface area contributed by atoms with Crippen LogP contribution in [0.5, 0.6) is 0 Å². The molecule has 0 saturated carbocycles. The number of amides is 1. The monoisotopic (exact) mass is 264 g/mol. The van der Waals surface area contributed by atoms with Gasteiger partial charge in [-0.3, -0.25) is 4.79 Å². The van der Waals surface area contributed by atoms with Crippen molar-refractivity contribution in [3.05, 3.63) is 0 Å². The summed E-state index contributed by atoms with van der Waals surface area (Å²) in [5.74, 6) is -0.0348. The van der Waals surface area contributed by atoms with Crippen LogP contribution in [0.2, 0.25) is 0 Å². The molecule has 2 heterocycles. The van der Waals surface area contributed by atoms with Crippen LogP contribution in [0.1, 0.15) is 38.5 Å². The molecule has 2 aliphatic heterocycles. The number of alkyl halides is 3. The molecule has 7 heteroatoms. The summed E-state index contributed by atoms with van der Waals surface area (Å²) in [6.45, 7) is 0. The summed E-state index contributed by atoms with van der Waals surface area (Å²) in [5, 5.41) is 5.88. The Morgan fingerprint density at radius 2 is 2.17 bits per heavy atom. The van der Waals surface area contributed by atoms with Gasteiger partial charge >= 0.3 is 6.18 Å². The Balaban J connectivity index is 1.83. The van der Waals surface area contributed by atoms with E-state index in [-0.39, 0.29) is 18.4 Å². The number of nitrogens with zero attached hydrogens (tertiary/aromatic N) is 1. The molecule has 0 radical (unpaired) electrons. The van der Waals surface area contributed by atoms with E-state index in [2.05, 4.69) is 10.5 Å². The van der Waals surface area contributed by atoms with Crippen LogP contribution >= 0.6 is 0 Å². The Morgan fingerprint density at radius 1 is 1.39 bits per heavy atom. The number of carbonyl (C=O) groups excluding carboxylic acids is 1. The molecule has 0 aliphatic carbocycles. The van der Waals surface area contributed by atoms with E-state index >= 15 is 0 Å². The van der Waals surface area contributed by atoms with Gasteiger partial charge in [0.2, 0.25) is 5.91 Å². The van der Waals surface area contributed by atoms with Gasteiger partial charge in [-0.2, -0.15) is 13.2 Å². The Bertz CT molecular complexity index is 355. The maximum absolute atomic E-state index is 12.4. The minimum absolute atomic E-state index is 0.0348. The first-order valence-electron chi connectivity index (χ1n) is 6.04. The topological polar surface area (TPSA) is 50.7 Å². The third kappa shape index (κ3) is 3.36. The average Bonchev–Trinajstić information content (AvgIpc) is 2.63. The molecule has 4 nitrogen and oxygen atoms in total. The largest absolute Gasteiger partial charge is 0.432 e. The first kappa shape index (κ1) is 13.2. The standard InChI is InChI=1S/C11H15F3N2O2/c12-11(13,14)9-6-8(18-16-9)5-7-3-1-2-4-10(17)15-7/h7-8H,1-6H2,(H,15,17). The summed E-state index contributed by atoms with van der Waals surface area (Å²) in [6.07, 6.45) is -1.82. The Hall–Kier alpha value is -1.27. The molecular formula is C11H15F3N2O2. The molecule has 2 rings (SSSR count). The molecule has 0 spiro atoms. The van der Waals surface area contributed by atoms with Crippen LogP contribution < -0.4 is 5.32 Å². The van der Waals surface area contributed by atoms with Gasteiger partial charge in [0, 0.05) is 25.3 Å². The molecule has 102 valence electrons. The van der Waals surface area contributed by atoms with Crippen LogP contribution in [0.15, 0.2) is 5.16 Å². The number of hydrogen-bond donors (Lipinski definition) is 1. The predicted octanol–water partition coefficient (Wildman–Crippen LogP) is 2.14. The normalized spacial score (nSPS) is 29.3. The molecule has 2 unspecified atom stereocenters. The highest BCUT2D eigenvalue weighted by molar-refractivity contribution is 5.90. The summed E-state index contributed by atoms with van der Waals surface area (Å²) >= 11 is 0. The molecule has 1 N–H and O–H groups in total. The fraction of sp³-hybridized carbons (Fsp3) is 0.818. The highest BCUT2D eigenvalue weighted by Crippen LogP contribution is 2.28. The van der Waals surface area contributed by atoms with Gasteiger partial charge in [-0.25, -0.2) is 0 Å². The SMILES string of the molecule is O=C1CCCCC(CC2CC(C(F)(F)F)=NO2)N1. The van der Waals surface area contributed by atoms with Crippen molar-refractivity contribution in [2.75, 3.05) is 0 Å². The van der Waals surface area contributed by atoms with E-state index in [0.29, 0.717) is 12.8 Å². The van der Waals surface area contributed by atoms with Gasteiger partial charge in [0.1, 0.15) is 6.10 Å². The minimum Gasteiger partial charge on any atom is -0.392 e. The molecule has 0 aromatic rings. The predicted molar refractivity (Wildman–Crippen MR) is 58.0 cm³/mol. The van der Waals surface area contributed by atoms with Crippen molar-refractivity contribution in [1.82, 2.24) is 5.32 Å². The highest BCUT2D eigenvalue weighted by Gasteiger charge is 2.42. The van der Waals surface area contributed by atoms with Crippen LogP contribution in [0, 0.1) is 0 Å². The summed E-state index contributed by atoms with van der Waals surface area (Å²) in [7, 11) is 0. The van der Waals surface area contributed by atoms with E-state index in [0.717, 1.165) is 19.3 Å². The van der Waals surface area contributed by atoms with E-state index in [1.165, 1.54) is 0 Å². The van der Waals surface area contributed by atoms with Crippen LogP contribution in [-0.4, -0.2) is 29.9 Å². The fourth-order valence-electron chi connectivity index (χ4n) is 2.26. The first-order valence-corrected chi connectivity index (χ1v) is 6.04. The quantitative estimate of drug-likeness (QED) is 0.830. The number of carbonyl (C=O) groups is 1. The van der Waals surface area contributed by atoms with Gasteiger partial charge in [0.05, 0.1) is 0 Å². The van der Waals surface area contributed by atoms with E-state index in [9.17, 15) is 18.0 Å². The van der Waals surface area contributed by atoms with Crippen LogP contribution in [0.4, 0.5) is 13.2 Å². The van der Waals surface area contributed by atoms with Gasteiger partial charge in [-0.15, -0.1) is 0 Å². The van der Waals surface area contributed by atoms with Crippen molar-refractivity contribution < 1.29 is 22.8 Å². The maximum Gasteiger partial charge on any atom is 0.432 e. The molecule has 0 bridgehead atoms. The summed E-state index contributed by atoms with van der Waals surface area (Å²) in [5.41, 5.74) is -0.868. The minimum atomic E-state index is -4.42. The molecule has 1 amide bonds. The molecule has 0 aromatic heterocycles. The fourth-order valence-corrected chi connectivity index (χ4v) is 2.26. The highest BCUT2D eigenvalue weighted by atomic mass is 19.4. The van der Waals surface area contributed by atoms with E-state index in [1.807, 2.05) is 0 Å². The van der Waals surface area contributed by atoms with Crippen LogP contribution in [0.25, 0.3) is 0 Å². The Kier molecular flexibility index (Phi) is 3.77. The lowest BCUT2D eigenvalue weighted by molar-refractivity contribution is -0.121. The molecular weight excluding hydrogens is 249 g/mol. The van der Waals surface area contributed by atoms with Crippen molar-refractivity contribution in [3.8, 4) is 0 Å². The lowest BCUT2D eigenvalue weighted by Crippen LogP contribution is -2.36. The van der Waals surface area contributed by atoms with Gasteiger partial charge < -0.3 is 10.2 Å². The number of rotatable bonds is 2. The zero-order valence-corrected chi connectivity index (χ0v) is 9.79. The molecule has 2 aliphatic rings. The van der Waals surface area contributed by atoms with Crippen LogP contribution in [-0.2, 0) is 9.63 Å². The number of oxime groups is 1. The van der Waals surface area contributed by atoms with Crippen molar-refractivity contribution in [1.29, 1.82) is 0 Å². The summed E-state index contributed by atoms with van der Waals surface area (Å²) in [4.78, 5) is 16.1. The number of halogens is 3. The Morgan fingerprint density at radius 3 is 2.83 bits per heavy atom. The smallest absolute Gasteiger partial charge is 0.392 e. The molecule has 1 fully saturated rings. The second kappa shape index (κ2) is 5.16. The lowest BCUT2D eigenvalue weighted by atomic mass is 10.0. The Labute approximate surface area is 103 Å². The van der Waals surface area contributed by atoms with Gasteiger partial charge in [-0.05, 0) is 12.8 Å². The first-order chi connectivity index (χ1) is 8.45. The van der Waals surface area contributed by atoms with E-state index in [4.69, 9.17) is 4.84 Å². The lowest BCUT2D eigenvalue weighted by Gasteiger charge is -2.18. The third-order valence-electron chi connectivity index (χ3n) is 3.18. The maximum atomic E-state index is 12.4. The van der Waals surface area contributed by atoms with Crippen molar-refractivity contribution >= 4 is 11.6 Å². The summed E-state index contributed by atoms with van der Waals surface area (Å²) < 4.78 is 37.1. The van der Waals surface area contributed by atoms with Gasteiger partial charge in [-0.1, -0.05) is 11.6 Å². The van der Waals surface area contributed by atoms with Crippen LogP contribution in [0.3, 0.4) is 0 Å². The second-order valence-electron chi connectivity index (χ2n) is 4.71. The molecule has 0 aromatic carbocycles. The second-order valence-corrected chi connectivity index (χ2v) is 4.71.